The lowest BCUT2D eigenvalue weighted by Gasteiger charge is -2.11. The first-order valence-electron chi connectivity index (χ1n) is 4.12. The monoisotopic (exact) mass is 159 g/mol. The summed E-state index contributed by atoms with van der Waals surface area (Å²) in [5.41, 5.74) is 0. The van der Waals surface area contributed by atoms with Crippen LogP contribution in [0.3, 0.4) is 0 Å². The Balaban J connectivity index is 3.42. The topological polar surface area (TPSA) is 49.3 Å². The lowest BCUT2D eigenvalue weighted by Crippen LogP contribution is -2.29. The summed E-state index contributed by atoms with van der Waals surface area (Å²) in [4.78, 5) is 10.8. The Morgan fingerprint density at radius 3 is 2.55 bits per heavy atom. The summed E-state index contributed by atoms with van der Waals surface area (Å²) in [7, 11) is 0. The van der Waals surface area contributed by atoms with Crippen molar-refractivity contribution in [3.8, 4) is 0 Å². The number of hydrogen-bond acceptors (Lipinski definition) is 2. The molecule has 0 aliphatic rings. The normalized spacial score (nSPS) is 12.6. The van der Waals surface area contributed by atoms with E-state index < -0.39 is 0 Å². The van der Waals surface area contributed by atoms with Crippen molar-refractivity contribution < 1.29 is 9.90 Å². The number of carbonyl (C=O) groups is 1. The van der Waals surface area contributed by atoms with Gasteiger partial charge in [-0.3, -0.25) is 4.79 Å². The molecule has 0 saturated carbocycles. The molecule has 0 heterocycles. The minimum Gasteiger partial charge on any atom is -0.396 e. The summed E-state index contributed by atoms with van der Waals surface area (Å²) >= 11 is 0. The Labute approximate surface area is 67.8 Å². The molecule has 0 rings (SSSR count). The van der Waals surface area contributed by atoms with Gasteiger partial charge in [0.1, 0.15) is 0 Å². The number of aliphatic hydroxyl groups is 1. The Kier molecular flexibility index (Phi) is 5.84. The maximum atomic E-state index is 10.8. The van der Waals surface area contributed by atoms with E-state index >= 15 is 0 Å². The van der Waals surface area contributed by atoms with Gasteiger partial charge in [0.2, 0.25) is 5.91 Å². The van der Waals surface area contributed by atoms with Crippen molar-refractivity contribution in [3.05, 3.63) is 0 Å². The number of amides is 1. The smallest absolute Gasteiger partial charge is 0.219 e. The molecule has 0 aromatic rings. The minimum absolute atomic E-state index is 0.0527. The van der Waals surface area contributed by atoms with Gasteiger partial charge in [-0.05, 0) is 12.3 Å². The molecule has 1 amide bonds. The Morgan fingerprint density at radius 1 is 1.55 bits per heavy atom. The molecule has 11 heavy (non-hydrogen) atoms. The van der Waals surface area contributed by atoms with Crippen LogP contribution in [0.15, 0.2) is 0 Å². The molecule has 2 N–H and O–H groups in total. The van der Waals surface area contributed by atoms with Crippen LogP contribution >= 0.6 is 0 Å². The second kappa shape index (κ2) is 6.16. The second-order valence-corrected chi connectivity index (χ2v) is 2.61. The third kappa shape index (κ3) is 4.79. The predicted molar refractivity (Wildman–Crippen MR) is 44.2 cm³/mol. The van der Waals surface area contributed by atoms with Crippen LogP contribution in [0.2, 0.25) is 0 Å². The fraction of sp³-hybridized carbons (Fsp3) is 0.875. The van der Waals surface area contributed by atoms with E-state index in [0.717, 1.165) is 6.42 Å². The van der Waals surface area contributed by atoms with Crippen LogP contribution in [0.4, 0.5) is 0 Å². The molecule has 0 aromatic carbocycles. The molecule has 3 heteroatoms. The zero-order valence-corrected chi connectivity index (χ0v) is 7.26. The van der Waals surface area contributed by atoms with Crippen molar-refractivity contribution in [3.63, 3.8) is 0 Å². The van der Waals surface area contributed by atoms with E-state index in [1.807, 2.05) is 13.8 Å². The summed E-state index contributed by atoms with van der Waals surface area (Å²) in [6.45, 7) is 4.56. The third-order valence-electron chi connectivity index (χ3n) is 1.74. The molecule has 66 valence electrons. The molecule has 0 bridgehead atoms. The van der Waals surface area contributed by atoms with Crippen molar-refractivity contribution in [2.45, 2.75) is 26.7 Å². The highest BCUT2D eigenvalue weighted by Crippen LogP contribution is 1.97. The zero-order chi connectivity index (χ0) is 8.69. The summed E-state index contributed by atoms with van der Waals surface area (Å²) in [5.74, 6) is 0.266. The number of carbonyl (C=O) groups excluding carboxylic acids is 1. The molecular weight excluding hydrogens is 142 g/mol. The lowest BCUT2D eigenvalue weighted by atomic mass is 10.1. The van der Waals surface area contributed by atoms with Crippen LogP contribution in [-0.4, -0.2) is 24.2 Å². The van der Waals surface area contributed by atoms with Crippen LogP contribution in [0.1, 0.15) is 26.7 Å². The molecule has 0 aromatic heterocycles. The van der Waals surface area contributed by atoms with Crippen LogP contribution in [0.5, 0.6) is 0 Å². The number of nitrogens with one attached hydrogen (secondary N) is 1. The van der Waals surface area contributed by atoms with Gasteiger partial charge in [0.25, 0.3) is 0 Å². The fourth-order valence-corrected chi connectivity index (χ4v) is 0.721. The Hall–Kier alpha value is -0.570. The molecular formula is C8H17NO2. The summed E-state index contributed by atoms with van der Waals surface area (Å²) < 4.78 is 0. The van der Waals surface area contributed by atoms with Gasteiger partial charge < -0.3 is 10.4 Å². The molecule has 1 atom stereocenters. The van der Waals surface area contributed by atoms with E-state index in [4.69, 9.17) is 5.11 Å². The molecule has 0 saturated heterocycles. The Bertz CT molecular complexity index is 111. The van der Waals surface area contributed by atoms with Gasteiger partial charge >= 0.3 is 0 Å². The lowest BCUT2D eigenvalue weighted by molar-refractivity contribution is -0.121. The summed E-state index contributed by atoms with van der Waals surface area (Å²) in [6, 6.07) is 0. The van der Waals surface area contributed by atoms with Crippen molar-refractivity contribution in [2.24, 2.45) is 5.92 Å². The molecule has 3 nitrogen and oxygen atoms in total. The third-order valence-corrected chi connectivity index (χ3v) is 1.74. The summed E-state index contributed by atoms with van der Waals surface area (Å²) in [6.07, 6.45) is 1.42. The SMILES string of the molecule is CCC(=O)NCC(CC)CO. The van der Waals surface area contributed by atoms with Crippen molar-refractivity contribution in [1.82, 2.24) is 5.32 Å². The first-order valence-corrected chi connectivity index (χ1v) is 4.12. The van der Waals surface area contributed by atoms with Crippen LogP contribution < -0.4 is 5.32 Å². The highest BCUT2D eigenvalue weighted by molar-refractivity contribution is 5.75. The summed E-state index contributed by atoms with van der Waals surface area (Å²) in [5, 5.41) is 11.5. The average Bonchev–Trinajstić information content (AvgIpc) is 2.06. The van der Waals surface area contributed by atoms with Crippen LogP contribution in [0, 0.1) is 5.92 Å². The van der Waals surface area contributed by atoms with Gasteiger partial charge in [-0.15, -0.1) is 0 Å². The van der Waals surface area contributed by atoms with Crippen LogP contribution in [0.25, 0.3) is 0 Å². The molecule has 1 unspecified atom stereocenters. The molecule has 0 aliphatic carbocycles. The molecule has 0 fully saturated rings. The maximum absolute atomic E-state index is 10.8. The number of rotatable bonds is 5. The first kappa shape index (κ1) is 10.4. The fourth-order valence-electron chi connectivity index (χ4n) is 0.721. The maximum Gasteiger partial charge on any atom is 0.219 e. The zero-order valence-electron chi connectivity index (χ0n) is 7.26. The molecule has 0 aliphatic heterocycles. The average molecular weight is 159 g/mol. The van der Waals surface area contributed by atoms with Gasteiger partial charge in [-0.2, -0.15) is 0 Å². The van der Waals surface area contributed by atoms with E-state index in [9.17, 15) is 4.79 Å². The predicted octanol–water partition coefficient (Wildman–Crippen LogP) is 0.531. The Morgan fingerprint density at radius 2 is 2.18 bits per heavy atom. The highest BCUT2D eigenvalue weighted by atomic mass is 16.3. The molecule has 0 radical (unpaired) electrons. The van der Waals surface area contributed by atoms with Gasteiger partial charge in [0.05, 0.1) is 0 Å². The van der Waals surface area contributed by atoms with E-state index in [1.54, 1.807) is 0 Å². The van der Waals surface area contributed by atoms with Crippen molar-refractivity contribution in [2.75, 3.05) is 13.2 Å². The van der Waals surface area contributed by atoms with E-state index in [0.29, 0.717) is 13.0 Å². The van der Waals surface area contributed by atoms with Gasteiger partial charge in [-0.25, -0.2) is 0 Å². The van der Waals surface area contributed by atoms with Crippen LogP contribution in [-0.2, 0) is 4.79 Å². The second-order valence-electron chi connectivity index (χ2n) is 2.61. The minimum atomic E-state index is 0.0527. The largest absolute Gasteiger partial charge is 0.396 e. The standard InChI is InChI=1S/C8H17NO2/c1-3-7(6-10)5-9-8(11)4-2/h7,10H,3-6H2,1-2H3,(H,9,11). The first-order chi connectivity index (χ1) is 5.24. The van der Waals surface area contributed by atoms with E-state index in [1.165, 1.54) is 0 Å². The number of aliphatic hydroxyl groups excluding tert-OH is 1. The van der Waals surface area contributed by atoms with Crippen molar-refractivity contribution >= 4 is 5.91 Å². The quantitative estimate of drug-likeness (QED) is 0.614. The van der Waals surface area contributed by atoms with E-state index in [-0.39, 0.29) is 18.4 Å². The van der Waals surface area contributed by atoms with Gasteiger partial charge in [0.15, 0.2) is 0 Å². The molecule has 0 spiro atoms. The van der Waals surface area contributed by atoms with Crippen molar-refractivity contribution in [1.29, 1.82) is 0 Å². The van der Waals surface area contributed by atoms with Gasteiger partial charge in [-0.1, -0.05) is 13.8 Å². The van der Waals surface area contributed by atoms with Gasteiger partial charge in [0, 0.05) is 19.6 Å². The highest BCUT2D eigenvalue weighted by Gasteiger charge is 2.04. The number of hydrogen-bond donors (Lipinski definition) is 2. The van der Waals surface area contributed by atoms with E-state index in [2.05, 4.69) is 5.32 Å².